The third-order valence-electron chi connectivity index (χ3n) is 3.84. The van der Waals surface area contributed by atoms with E-state index < -0.39 is 0 Å². The van der Waals surface area contributed by atoms with Crippen molar-refractivity contribution in [1.82, 2.24) is 5.32 Å². The molecule has 0 saturated heterocycles. The summed E-state index contributed by atoms with van der Waals surface area (Å²) in [6.45, 7) is 5.29. The first-order valence-corrected chi connectivity index (χ1v) is 8.19. The van der Waals surface area contributed by atoms with E-state index in [-0.39, 0.29) is 12.1 Å². The van der Waals surface area contributed by atoms with Gasteiger partial charge in [-0.25, -0.2) is 0 Å². The Kier molecular flexibility index (Phi) is 7.06. The second kappa shape index (κ2) is 8.04. The molecule has 18 heavy (non-hydrogen) atoms. The van der Waals surface area contributed by atoms with Crippen molar-refractivity contribution < 1.29 is 5.11 Å². The van der Waals surface area contributed by atoms with Crippen LogP contribution in [-0.2, 0) is 0 Å². The predicted octanol–water partition coefficient (Wildman–Crippen LogP) is 2.41. The quantitative estimate of drug-likeness (QED) is 0.665. The van der Waals surface area contributed by atoms with Gasteiger partial charge in [0.25, 0.3) is 0 Å². The van der Waals surface area contributed by atoms with Crippen molar-refractivity contribution in [2.75, 3.05) is 24.7 Å². The first-order valence-electron chi connectivity index (χ1n) is 7.03. The van der Waals surface area contributed by atoms with Crippen LogP contribution in [0.1, 0.15) is 39.5 Å². The lowest BCUT2D eigenvalue weighted by molar-refractivity contribution is 0.250. The Bertz CT molecular complexity index is 279. The standard InChI is InChI=1S/C14H26N2OS/c1-3-16-14(11-15)7-4-5-13(14)6-8-18-10-12(2)9-17/h12-13,16-17H,3-10H2,1-2H3. The maximum Gasteiger partial charge on any atom is 0.109 e. The molecule has 1 aliphatic carbocycles. The average Bonchev–Trinajstić information content (AvgIpc) is 2.78. The first-order chi connectivity index (χ1) is 8.68. The molecule has 0 aliphatic heterocycles. The van der Waals surface area contributed by atoms with Crippen molar-refractivity contribution in [3.8, 4) is 6.07 Å². The molecule has 4 heteroatoms. The normalized spacial score (nSPS) is 29.1. The van der Waals surface area contributed by atoms with Gasteiger partial charge >= 0.3 is 0 Å². The molecule has 0 bridgehead atoms. The van der Waals surface area contributed by atoms with E-state index in [1.54, 1.807) is 0 Å². The topological polar surface area (TPSA) is 56.0 Å². The van der Waals surface area contributed by atoms with Crippen LogP contribution in [0.2, 0.25) is 0 Å². The number of nitrogens with zero attached hydrogens (tertiary/aromatic N) is 1. The molecule has 3 atom stereocenters. The Morgan fingerprint density at radius 3 is 3.00 bits per heavy atom. The van der Waals surface area contributed by atoms with Gasteiger partial charge in [-0.3, -0.25) is 5.32 Å². The summed E-state index contributed by atoms with van der Waals surface area (Å²) in [5.74, 6) is 3.00. The van der Waals surface area contributed by atoms with Gasteiger partial charge in [0.15, 0.2) is 0 Å². The van der Waals surface area contributed by atoms with Gasteiger partial charge in [0.05, 0.1) is 6.07 Å². The van der Waals surface area contributed by atoms with Gasteiger partial charge in [-0.05, 0) is 49.1 Å². The molecular formula is C14H26N2OS. The fourth-order valence-corrected chi connectivity index (χ4v) is 3.89. The maximum absolute atomic E-state index is 9.45. The molecule has 0 aromatic carbocycles. The van der Waals surface area contributed by atoms with Crippen LogP contribution < -0.4 is 5.32 Å². The SMILES string of the molecule is CCNC1(C#N)CCCC1CCSCC(C)CO. The molecule has 0 spiro atoms. The smallest absolute Gasteiger partial charge is 0.109 e. The molecule has 0 aromatic heterocycles. The van der Waals surface area contributed by atoms with E-state index in [9.17, 15) is 5.26 Å². The Morgan fingerprint density at radius 1 is 1.61 bits per heavy atom. The van der Waals surface area contributed by atoms with Crippen LogP contribution >= 0.6 is 11.8 Å². The summed E-state index contributed by atoms with van der Waals surface area (Å²) >= 11 is 1.90. The molecule has 1 rings (SSSR count). The zero-order chi connectivity index (χ0) is 13.4. The lowest BCUT2D eigenvalue weighted by Gasteiger charge is -2.29. The van der Waals surface area contributed by atoms with E-state index >= 15 is 0 Å². The number of nitriles is 1. The Morgan fingerprint density at radius 2 is 2.39 bits per heavy atom. The molecule has 3 nitrogen and oxygen atoms in total. The van der Waals surface area contributed by atoms with Crippen molar-refractivity contribution in [2.24, 2.45) is 11.8 Å². The summed E-state index contributed by atoms with van der Waals surface area (Å²) in [6.07, 6.45) is 4.46. The Balaban J connectivity index is 2.34. The average molecular weight is 270 g/mol. The minimum atomic E-state index is -0.266. The highest BCUT2D eigenvalue weighted by Crippen LogP contribution is 2.38. The Labute approximate surface area is 115 Å². The highest BCUT2D eigenvalue weighted by Gasteiger charge is 2.41. The van der Waals surface area contributed by atoms with Crippen molar-refractivity contribution in [2.45, 2.75) is 45.1 Å². The third-order valence-corrected chi connectivity index (χ3v) is 5.17. The molecule has 0 aromatic rings. The number of thioether (sulfide) groups is 1. The van der Waals surface area contributed by atoms with Crippen molar-refractivity contribution >= 4 is 11.8 Å². The molecule has 104 valence electrons. The zero-order valence-electron chi connectivity index (χ0n) is 11.6. The zero-order valence-corrected chi connectivity index (χ0v) is 12.4. The number of hydrogen-bond donors (Lipinski definition) is 2. The summed E-state index contributed by atoms with van der Waals surface area (Å²) < 4.78 is 0. The third kappa shape index (κ3) is 4.15. The van der Waals surface area contributed by atoms with Crippen LogP contribution in [0.25, 0.3) is 0 Å². The van der Waals surface area contributed by atoms with Crippen molar-refractivity contribution in [1.29, 1.82) is 5.26 Å². The number of nitrogens with one attached hydrogen (secondary N) is 1. The van der Waals surface area contributed by atoms with Gasteiger partial charge in [0.1, 0.15) is 5.54 Å². The molecule has 2 N–H and O–H groups in total. The number of hydrogen-bond acceptors (Lipinski definition) is 4. The largest absolute Gasteiger partial charge is 0.396 e. The fraction of sp³-hybridized carbons (Fsp3) is 0.929. The highest BCUT2D eigenvalue weighted by molar-refractivity contribution is 7.99. The van der Waals surface area contributed by atoms with Crippen LogP contribution in [0, 0.1) is 23.2 Å². The Hall–Kier alpha value is -0.240. The molecule has 3 unspecified atom stereocenters. The predicted molar refractivity (Wildman–Crippen MR) is 77.6 cm³/mol. The van der Waals surface area contributed by atoms with Crippen LogP contribution in [-0.4, -0.2) is 35.3 Å². The fourth-order valence-electron chi connectivity index (χ4n) is 2.77. The van der Waals surface area contributed by atoms with Gasteiger partial charge in [-0.15, -0.1) is 0 Å². The summed E-state index contributed by atoms with van der Waals surface area (Å²) in [4.78, 5) is 0. The summed E-state index contributed by atoms with van der Waals surface area (Å²) in [5, 5.41) is 21.8. The van der Waals surface area contributed by atoms with Crippen molar-refractivity contribution in [3.05, 3.63) is 0 Å². The molecule has 0 amide bonds. The minimum absolute atomic E-state index is 0.266. The van der Waals surface area contributed by atoms with E-state index in [0.717, 1.165) is 30.9 Å². The number of aliphatic hydroxyl groups excluding tert-OH is 1. The van der Waals surface area contributed by atoms with E-state index in [1.807, 2.05) is 11.8 Å². The molecule has 0 heterocycles. The summed E-state index contributed by atoms with van der Waals surface area (Å²) in [5.41, 5.74) is -0.266. The van der Waals surface area contributed by atoms with Crippen LogP contribution in [0.5, 0.6) is 0 Å². The second-order valence-corrected chi connectivity index (χ2v) is 6.50. The monoisotopic (exact) mass is 270 g/mol. The van der Waals surface area contributed by atoms with Gasteiger partial charge in [-0.1, -0.05) is 20.3 Å². The molecule has 1 fully saturated rings. The molecular weight excluding hydrogens is 244 g/mol. The minimum Gasteiger partial charge on any atom is -0.396 e. The lowest BCUT2D eigenvalue weighted by atomic mass is 9.86. The summed E-state index contributed by atoms with van der Waals surface area (Å²) in [6, 6.07) is 2.53. The number of aliphatic hydroxyl groups is 1. The van der Waals surface area contributed by atoms with E-state index in [4.69, 9.17) is 5.11 Å². The van der Waals surface area contributed by atoms with Crippen molar-refractivity contribution in [3.63, 3.8) is 0 Å². The summed E-state index contributed by atoms with van der Waals surface area (Å²) in [7, 11) is 0. The van der Waals surface area contributed by atoms with E-state index in [2.05, 4.69) is 25.2 Å². The first kappa shape index (κ1) is 15.8. The molecule has 1 aliphatic rings. The van der Waals surface area contributed by atoms with Gasteiger partial charge in [-0.2, -0.15) is 17.0 Å². The van der Waals surface area contributed by atoms with Crippen LogP contribution in [0.15, 0.2) is 0 Å². The van der Waals surface area contributed by atoms with Gasteiger partial charge < -0.3 is 5.11 Å². The lowest BCUT2D eigenvalue weighted by Crippen LogP contribution is -2.47. The highest BCUT2D eigenvalue weighted by atomic mass is 32.2. The van der Waals surface area contributed by atoms with Gasteiger partial charge in [0.2, 0.25) is 0 Å². The maximum atomic E-state index is 9.45. The molecule has 0 radical (unpaired) electrons. The van der Waals surface area contributed by atoms with Gasteiger partial charge in [0, 0.05) is 6.61 Å². The molecule has 1 saturated carbocycles. The van der Waals surface area contributed by atoms with E-state index in [0.29, 0.717) is 11.8 Å². The van der Waals surface area contributed by atoms with E-state index in [1.165, 1.54) is 12.8 Å². The second-order valence-electron chi connectivity index (χ2n) is 5.35. The number of rotatable bonds is 8. The van der Waals surface area contributed by atoms with Crippen LogP contribution in [0.4, 0.5) is 0 Å². The van der Waals surface area contributed by atoms with Crippen LogP contribution in [0.3, 0.4) is 0 Å².